The first kappa shape index (κ1) is 64.9. The third-order valence-electron chi connectivity index (χ3n) is 14.4. The molecular formula is C60H119NO5. The molecule has 0 aliphatic carbocycles. The van der Waals surface area contributed by atoms with Gasteiger partial charge in [0, 0.05) is 12.8 Å². The Hall–Kier alpha value is -1.14. The van der Waals surface area contributed by atoms with Gasteiger partial charge in [-0.05, 0) is 25.7 Å². The second-order valence-corrected chi connectivity index (χ2v) is 21.1. The van der Waals surface area contributed by atoms with Gasteiger partial charge in [-0.1, -0.05) is 309 Å². The fraction of sp³-hybridized carbons (Fsp3) is 0.967. The molecule has 1 amide bonds. The van der Waals surface area contributed by atoms with Crippen LogP contribution in [-0.2, 0) is 14.3 Å². The van der Waals surface area contributed by atoms with Crippen molar-refractivity contribution in [2.24, 2.45) is 0 Å². The van der Waals surface area contributed by atoms with E-state index >= 15 is 0 Å². The van der Waals surface area contributed by atoms with Crippen LogP contribution in [0.15, 0.2) is 0 Å². The molecule has 0 aromatic rings. The van der Waals surface area contributed by atoms with Crippen LogP contribution in [0.2, 0.25) is 0 Å². The van der Waals surface area contributed by atoms with Gasteiger partial charge in [0.25, 0.3) is 0 Å². The Morgan fingerprint density at radius 2 is 0.621 bits per heavy atom. The number of esters is 1. The van der Waals surface area contributed by atoms with Crippen molar-refractivity contribution in [3.05, 3.63) is 0 Å². The summed E-state index contributed by atoms with van der Waals surface area (Å²) in [4.78, 5) is 24.5. The van der Waals surface area contributed by atoms with Gasteiger partial charge in [0.15, 0.2) is 0 Å². The molecule has 0 aliphatic heterocycles. The van der Waals surface area contributed by atoms with Crippen molar-refractivity contribution < 1.29 is 24.5 Å². The molecule has 0 saturated carbocycles. The smallest absolute Gasteiger partial charge is 0.305 e. The highest BCUT2D eigenvalue weighted by Gasteiger charge is 2.20. The van der Waals surface area contributed by atoms with E-state index in [1.807, 2.05) is 0 Å². The number of nitrogens with one attached hydrogen (secondary N) is 1. The topological polar surface area (TPSA) is 95.9 Å². The Morgan fingerprint density at radius 3 is 0.924 bits per heavy atom. The molecular weight excluding hydrogens is 815 g/mol. The van der Waals surface area contributed by atoms with Crippen LogP contribution in [0.4, 0.5) is 0 Å². The molecule has 2 unspecified atom stereocenters. The summed E-state index contributed by atoms with van der Waals surface area (Å²) in [5, 5.41) is 23.3. The van der Waals surface area contributed by atoms with Crippen LogP contribution in [0.5, 0.6) is 0 Å². The van der Waals surface area contributed by atoms with Crippen molar-refractivity contribution in [2.45, 2.75) is 360 Å². The fourth-order valence-corrected chi connectivity index (χ4v) is 9.76. The van der Waals surface area contributed by atoms with Crippen LogP contribution in [0.3, 0.4) is 0 Å². The van der Waals surface area contributed by atoms with Crippen LogP contribution in [0, 0.1) is 0 Å². The maximum atomic E-state index is 12.5. The van der Waals surface area contributed by atoms with Gasteiger partial charge in [0.1, 0.15) is 0 Å². The highest BCUT2D eigenvalue weighted by Crippen LogP contribution is 2.18. The normalized spacial score (nSPS) is 12.5. The van der Waals surface area contributed by atoms with E-state index in [9.17, 15) is 19.8 Å². The van der Waals surface area contributed by atoms with E-state index in [1.54, 1.807) is 0 Å². The van der Waals surface area contributed by atoms with E-state index in [4.69, 9.17) is 4.74 Å². The number of hydrogen-bond donors (Lipinski definition) is 3. The summed E-state index contributed by atoms with van der Waals surface area (Å²) in [6.07, 6.45) is 65.3. The number of ether oxygens (including phenoxy) is 1. The monoisotopic (exact) mass is 934 g/mol. The third kappa shape index (κ3) is 52.2. The molecule has 3 N–H and O–H groups in total. The SMILES string of the molecule is CCCCCCCCCCCCCCCCCCCC(O)C(CO)NC(=O)CCCCCCCCCCCCCCCCCCCCCOC(=O)CCCCCCCCCCCCCCC. The lowest BCUT2D eigenvalue weighted by Gasteiger charge is -2.22. The number of aliphatic hydroxyl groups is 2. The second-order valence-electron chi connectivity index (χ2n) is 21.1. The summed E-state index contributed by atoms with van der Waals surface area (Å²) >= 11 is 0. The van der Waals surface area contributed by atoms with Gasteiger partial charge >= 0.3 is 5.97 Å². The van der Waals surface area contributed by atoms with Crippen molar-refractivity contribution in [1.82, 2.24) is 5.32 Å². The molecule has 0 spiro atoms. The Balaban J connectivity index is 3.39. The van der Waals surface area contributed by atoms with Crippen molar-refractivity contribution in [2.75, 3.05) is 13.2 Å². The number of carbonyl (C=O) groups excluding carboxylic acids is 2. The number of aliphatic hydroxyl groups excluding tert-OH is 2. The predicted molar refractivity (Wildman–Crippen MR) is 287 cm³/mol. The zero-order valence-corrected chi connectivity index (χ0v) is 45.0. The number of hydrogen-bond acceptors (Lipinski definition) is 5. The lowest BCUT2D eigenvalue weighted by atomic mass is 10.0. The van der Waals surface area contributed by atoms with E-state index in [2.05, 4.69) is 19.2 Å². The van der Waals surface area contributed by atoms with Crippen LogP contribution in [0.25, 0.3) is 0 Å². The molecule has 394 valence electrons. The van der Waals surface area contributed by atoms with Gasteiger partial charge in [-0.3, -0.25) is 9.59 Å². The summed E-state index contributed by atoms with van der Waals surface area (Å²) in [6, 6.07) is -0.542. The predicted octanol–water partition coefficient (Wildman–Crippen LogP) is 18.7. The van der Waals surface area contributed by atoms with Crippen LogP contribution in [-0.4, -0.2) is 47.4 Å². The van der Waals surface area contributed by atoms with Crippen molar-refractivity contribution >= 4 is 11.9 Å². The largest absolute Gasteiger partial charge is 0.466 e. The average Bonchev–Trinajstić information content (AvgIpc) is 3.32. The third-order valence-corrected chi connectivity index (χ3v) is 14.4. The molecule has 0 aromatic carbocycles. The maximum Gasteiger partial charge on any atom is 0.305 e. The van der Waals surface area contributed by atoms with Crippen molar-refractivity contribution in [1.29, 1.82) is 0 Å². The average molecular weight is 935 g/mol. The number of rotatable bonds is 57. The second kappa shape index (κ2) is 56.4. The molecule has 0 aromatic heterocycles. The Labute approximate surface area is 413 Å². The van der Waals surface area contributed by atoms with E-state index in [-0.39, 0.29) is 18.5 Å². The summed E-state index contributed by atoms with van der Waals surface area (Å²) in [5.41, 5.74) is 0. The lowest BCUT2D eigenvalue weighted by Crippen LogP contribution is -2.45. The first-order valence-corrected chi connectivity index (χ1v) is 30.3. The van der Waals surface area contributed by atoms with E-state index in [0.717, 1.165) is 38.5 Å². The van der Waals surface area contributed by atoms with Crippen molar-refractivity contribution in [3.63, 3.8) is 0 Å². The lowest BCUT2D eigenvalue weighted by molar-refractivity contribution is -0.143. The molecule has 2 atom stereocenters. The van der Waals surface area contributed by atoms with Gasteiger partial charge in [-0.25, -0.2) is 0 Å². The van der Waals surface area contributed by atoms with Gasteiger partial charge in [0.2, 0.25) is 5.91 Å². The van der Waals surface area contributed by atoms with Crippen LogP contribution in [0.1, 0.15) is 348 Å². The Bertz CT molecular complexity index is 944. The quantitative estimate of drug-likeness (QED) is 0.0417. The molecule has 0 rings (SSSR count). The fourth-order valence-electron chi connectivity index (χ4n) is 9.76. The minimum atomic E-state index is -0.665. The number of unbranched alkanes of at least 4 members (excludes halogenated alkanes) is 46. The number of amides is 1. The minimum Gasteiger partial charge on any atom is -0.466 e. The van der Waals surface area contributed by atoms with Gasteiger partial charge in [0.05, 0.1) is 25.4 Å². The Morgan fingerprint density at radius 1 is 0.364 bits per heavy atom. The molecule has 0 bridgehead atoms. The van der Waals surface area contributed by atoms with Crippen LogP contribution >= 0.6 is 0 Å². The molecule has 0 fully saturated rings. The minimum absolute atomic E-state index is 0.0117. The summed E-state index contributed by atoms with van der Waals surface area (Å²) in [6.45, 7) is 4.98. The molecule has 6 heteroatoms. The molecule has 6 nitrogen and oxygen atoms in total. The van der Waals surface area contributed by atoms with Crippen molar-refractivity contribution in [3.8, 4) is 0 Å². The van der Waals surface area contributed by atoms with E-state index in [0.29, 0.717) is 25.9 Å². The van der Waals surface area contributed by atoms with Crippen LogP contribution < -0.4 is 5.32 Å². The van der Waals surface area contributed by atoms with Gasteiger partial charge in [-0.2, -0.15) is 0 Å². The summed E-state index contributed by atoms with van der Waals surface area (Å²) < 4.78 is 5.48. The maximum absolute atomic E-state index is 12.5. The standard InChI is InChI=1S/C60H119NO5/c1-3-5-7-9-11-13-15-17-18-22-25-29-32-36-40-44-48-52-58(63)57(56-62)61-59(64)53-49-45-41-37-33-30-26-23-20-19-21-24-27-31-35-39-43-47-51-55-66-60(65)54-50-46-42-38-34-28-16-14-12-10-8-6-4-2/h57-58,62-63H,3-56H2,1-2H3,(H,61,64). The van der Waals surface area contributed by atoms with Gasteiger partial charge in [-0.15, -0.1) is 0 Å². The van der Waals surface area contributed by atoms with E-state index < -0.39 is 12.1 Å². The molecule has 0 aliphatic rings. The van der Waals surface area contributed by atoms with Gasteiger partial charge < -0.3 is 20.3 Å². The first-order valence-electron chi connectivity index (χ1n) is 30.3. The Kier molecular flexibility index (Phi) is 55.5. The molecule has 0 radical (unpaired) electrons. The molecule has 66 heavy (non-hydrogen) atoms. The highest BCUT2D eigenvalue weighted by atomic mass is 16.5. The van der Waals surface area contributed by atoms with E-state index in [1.165, 1.54) is 276 Å². The summed E-state index contributed by atoms with van der Waals surface area (Å²) in [7, 11) is 0. The zero-order chi connectivity index (χ0) is 47.9. The zero-order valence-electron chi connectivity index (χ0n) is 45.0. The number of carbonyl (C=O) groups is 2. The summed E-state index contributed by atoms with van der Waals surface area (Å²) in [5.74, 6) is -0.0225. The molecule has 0 heterocycles. The first-order chi connectivity index (χ1) is 32.5. The highest BCUT2D eigenvalue weighted by molar-refractivity contribution is 5.76. The molecule has 0 saturated heterocycles.